The van der Waals surface area contributed by atoms with Crippen molar-refractivity contribution in [1.82, 2.24) is 10.2 Å². The molecule has 0 radical (unpaired) electrons. The first-order valence-corrected chi connectivity index (χ1v) is 8.52. The van der Waals surface area contributed by atoms with Gasteiger partial charge in [-0.15, -0.1) is 12.4 Å². The third kappa shape index (κ3) is 5.85. The van der Waals surface area contributed by atoms with Crippen LogP contribution in [-0.4, -0.2) is 63.5 Å². The van der Waals surface area contributed by atoms with E-state index in [1.54, 1.807) is 14.0 Å². The Morgan fingerprint density at radius 2 is 2.12 bits per heavy atom. The highest BCUT2D eigenvalue weighted by atomic mass is 35.5. The predicted octanol–water partition coefficient (Wildman–Crippen LogP) is 2.03. The molecular formula is C18H29ClN2O4. The minimum Gasteiger partial charge on any atom is -0.496 e. The topological polar surface area (TPSA) is 60.0 Å². The van der Waals surface area contributed by atoms with Crippen LogP contribution in [0.2, 0.25) is 0 Å². The molecule has 1 aromatic carbocycles. The molecule has 2 unspecified atom stereocenters. The van der Waals surface area contributed by atoms with Gasteiger partial charge in [-0.2, -0.15) is 0 Å². The minimum absolute atomic E-state index is 0. The predicted molar refractivity (Wildman–Crippen MR) is 99.5 cm³/mol. The van der Waals surface area contributed by atoms with E-state index in [0.717, 1.165) is 17.9 Å². The average Bonchev–Trinajstić information content (AvgIpc) is 2.64. The zero-order valence-corrected chi connectivity index (χ0v) is 16.0. The molecule has 1 aromatic rings. The monoisotopic (exact) mass is 372 g/mol. The number of nitrogens with zero attached hydrogens (tertiary/aromatic N) is 1. The molecule has 1 aliphatic rings. The van der Waals surface area contributed by atoms with Gasteiger partial charge in [-0.25, -0.2) is 0 Å². The summed E-state index contributed by atoms with van der Waals surface area (Å²) in [5.74, 6) is 0.804. The summed E-state index contributed by atoms with van der Waals surface area (Å²) in [4.78, 5) is 14.7. The number of carbonyl (C=O) groups excluding carboxylic acids is 1. The van der Waals surface area contributed by atoms with Gasteiger partial charge in [0, 0.05) is 31.8 Å². The second-order valence-electron chi connectivity index (χ2n) is 5.70. The van der Waals surface area contributed by atoms with Crippen LogP contribution in [0, 0.1) is 0 Å². The molecule has 0 saturated carbocycles. The summed E-state index contributed by atoms with van der Waals surface area (Å²) in [5, 5.41) is 3.36. The molecule has 1 N–H and O–H groups in total. The standard InChI is InChI=1S/C18H28N2O4.ClH/c1-4-23-11-12-24-14(2)18(21)20-10-9-19-13-16(20)15-7-5-6-8-17(15)22-3;/h5-8,14,16,19H,4,9-13H2,1-3H3;1H. The number of piperazine rings is 1. The maximum absolute atomic E-state index is 12.8. The molecule has 6 nitrogen and oxygen atoms in total. The number of hydrogen-bond acceptors (Lipinski definition) is 5. The number of ether oxygens (including phenoxy) is 3. The number of rotatable bonds is 8. The number of benzene rings is 1. The van der Waals surface area contributed by atoms with Crippen molar-refractivity contribution in [1.29, 1.82) is 0 Å². The summed E-state index contributed by atoms with van der Waals surface area (Å²) >= 11 is 0. The van der Waals surface area contributed by atoms with Crippen LogP contribution in [0.5, 0.6) is 5.75 Å². The van der Waals surface area contributed by atoms with E-state index in [0.29, 0.717) is 32.9 Å². The van der Waals surface area contributed by atoms with Crippen molar-refractivity contribution in [2.75, 3.05) is 46.6 Å². The minimum atomic E-state index is -0.485. The Hall–Kier alpha value is -1.34. The van der Waals surface area contributed by atoms with Gasteiger partial charge in [0.25, 0.3) is 5.91 Å². The lowest BCUT2D eigenvalue weighted by molar-refractivity contribution is -0.147. The van der Waals surface area contributed by atoms with E-state index < -0.39 is 6.10 Å². The number of nitrogens with one attached hydrogen (secondary N) is 1. The molecule has 0 spiro atoms. The Bertz CT molecular complexity index is 530. The third-order valence-electron chi connectivity index (χ3n) is 4.17. The quantitative estimate of drug-likeness (QED) is 0.707. The molecule has 0 aromatic heterocycles. The van der Waals surface area contributed by atoms with Crippen molar-refractivity contribution in [3.05, 3.63) is 29.8 Å². The first-order chi connectivity index (χ1) is 11.7. The van der Waals surface area contributed by atoms with Crippen molar-refractivity contribution in [2.24, 2.45) is 0 Å². The van der Waals surface area contributed by atoms with Crippen molar-refractivity contribution < 1.29 is 19.0 Å². The van der Waals surface area contributed by atoms with Crippen LogP contribution < -0.4 is 10.1 Å². The van der Waals surface area contributed by atoms with Gasteiger partial charge in [-0.3, -0.25) is 4.79 Å². The van der Waals surface area contributed by atoms with Gasteiger partial charge in [-0.1, -0.05) is 18.2 Å². The molecule has 0 aliphatic carbocycles. The second-order valence-corrected chi connectivity index (χ2v) is 5.70. The highest BCUT2D eigenvalue weighted by molar-refractivity contribution is 5.85. The van der Waals surface area contributed by atoms with E-state index in [9.17, 15) is 4.79 Å². The Balaban J connectivity index is 0.00000312. The molecular weight excluding hydrogens is 344 g/mol. The van der Waals surface area contributed by atoms with Crippen molar-refractivity contribution >= 4 is 18.3 Å². The van der Waals surface area contributed by atoms with Gasteiger partial charge in [0.05, 0.1) is 26.4 Å². The zero-order chi connectivity index (χ0) is 17.4. The van der Waals surface area contributed by atoms with Gasteiger partial charge in [0.1, 0.15) is 11.9 Å². The van der Waals surface area contributed by atoms with Crippen LogP contribution in [0.3, 0.4) is 0 Å². The van der Waals surface area contributed by atoms with Crippen LogP contribution in [0.25, 0.3) is 0 Å². The highest BCUT2D eigenvalue weighted by Crippen LogP contribution is 2.30. The molecule has 2 atom stereocenters. The normalized spacial score (nSPS) is 18.4. The third-order valence-corrected chi connectivity index (χ3v) is 4.17. The Morgan fingerprint density at radius 1 is 1.36 bits per heavy atom. The molecule has 1 fully saturated rings. The van der Waals surface area contributed by atoms with E-state index in [1.807, 2.05) is 36.1 Å². The van der Waals surface area contributed by atoms with E-state index in [1.165, 1.54) is 0 Å². The maximum Gasteiger partial charge on any atom is 0.252 e. The molecule has 1 saturated heterocycles. The molecule has 1 amide bonds. The van der Waals surface area contributed by atoms with Crippen LogP contribution in [0.15, 0.2) is 24.3 Å². The van der Waals surface area contributed by atoms with Gasteiger partial charge in [0.15, 0.2) is 0 Å². The molecule has 1 heterocycles. The Morgan fingerprint density at radius 3 is 2.84 bits per heavy atom. The van der Waals surface area contributed by atoms with Crippen molar-refractivity contribution in [3.8, 4) is 5.75 Å². The average molecular weight is 373 g/mol. The fraction of sp³-hybridized carbons (Fsp3) is 0.611. The fourth-order valence-electron chi connectivity index (χ4n) is 2.92. The van der Waals surface area contributed by atoms with Crippen LogP contribution in [0.4, 0.5) is 0 Å². The van der Waals surface area contributed by atoms with Crippen molar-refractivity contribution in [2.45, 2.75) is 26.0 Å². The maximum atomic E-state index is 12.8. The number of carbonyl (C=O) groups is 1. The lowest BCUT2D eigenvalue weighted by Crippen LogP contribution is -2.51. The van der Waals surface area contributed by atoms with Crippen LogP contribution in [-0.2, 0) is 14.3 Å². The summed E-state index contributed by atoms with van der Waals surface area (Å²) in [6.45, 7) is 7.46. The van der Waals surface area contributed by atoms with E-state index in [4.69, 9.17) is 14.2 Å². The molecule has 1 aliphatic heterocycles. The first kappa shape index (κ1) is 21.7. The lowest BCUT2D eigenvalue weighted by Gasteiger charge is -2.38. The summed E-state index contributed by atoms with van der Waals surface area (Å²) in [6, 6.07) is 7.79. The van der Waals surface area contributed by atoms with Gasteiger partial charge >= 0.3 is 0 Å². The molecule has 0 bridgehead atoms. The summed E-state index contributed by atoms with van der Waals surface area (Å²) < 4.78 is 16.4. The Labute approximate surface area is 156 Å². The Kier molecular flexibility index (Phi) is 9.82. The molecule has 7 heteroatoms. The largest absolute Gasteiger partial charge is 0.496 e. The van der Waals surface area contributed by atoms with Gasteiger partial charge in [0.2, 0.25) is 0 Å². The fourth-order valence-corrected chi connectivity index (χ4v) is 2.92. The summed E-state index contributed by atoms with van der Waals surface area (Å²) in [7, 11) is 1.65. The molecule has 2 rings (SSSR count). The van der Waals surface area contributed by atoms with Gasteiger partial charge in [-0.05, 0) is 19.9 Å². The SMILES string of the molecule is CCOCCOC(C)C(=O)N1CCNCC1c1ccccc1OC.Cl. The smallest absolute Gasteiger partial charge is 0.252 e. The number of para-hydroxylation sites is 1. The van der Waals surface area contributed by atoms with E-state index >= 15 is 0 Å². The lowest BCUT2D eigenvalue weighted by atomic mass is 10.0. The van der Waals surface area contributed by atoms with Crippen LogP contribution in [0.1, 0.15) is 25.5 Å². The second kappa shape index (κ2) is 11.3. The first-order valence-electron chi connectivity index (χ1n) is 8.52. The number of hydrogen-bond donors (Lipinski definition) is 1. The van der Waals surface area contributed by atoms with E-state index in [2.05, 4.69) is 5.32 Å². The van der Waals surface area contributed by atoms with Gasteiger partial charge < -0.3 is 24.4 Å². The highest BCUT2D eigenvalue weighted by Gasteiger charge is 2.32. The number of amides is 1. The molecule has 142 valence electrons. The molecule has 25 heavy (non-hydrogen) atoms. The van der Waals surface area contributed by atoms with Crippen LogP contribution >= 0.6 is 12.4 Å². The van der Waals surface area contributed by atoms with E-state index in [-0.39, 0.29) is 24.4 Å². The number of methoxy groups -OCH3 is 1. The summed E-state index contributed by atoms with van der Waals surface area (Å²) in [5.41, 5.74) is 1.02. The van der Waals surface area contributed by atoms with Crippen molar-refractivity contribution in [3.63, 3.8) is 0 Å². The summed E-state index contributed by atoms with van der Waals surface area (Å²) in [6.07, 6.45) is -0.485. The number of halogens is 1. The zero-order valence-electron chi connectivity index (χ0n) is 15.2.